The molecule has 0 unspecified atom stereocenters. The molecule has 2 aromatic rings. The van der Waals surface area contributed by atoms with Crippen LogP contribution < -0.4 is 11.1 Å². The maximum Gasteiger partial charge on any atom is 0.0736 e. The van der Waals surface area contributed by atoms with Gasteiger partial charge in [0.2, 0.25) is 0 Å². The molecule has 0 aromatic carbocycles. The lowest BCUT2D eigenvalue weighted by molar-refractivity contribution is 1.11. The first-order valence-corrected chi connectivity index (χ1v) is 4.68. The lowest BCUT2D eigenvalue weighted by Crippen LogP contribution is -2.02. The fraction of sp³-hybridized carbons (Fsp3) is 0.0909. The second-order valence-corrected chi connectivity index (χ2v) is 3.18. The fourth-order valence-electron chi connectivity index (χ4n) is 1.27. The SMILES string of the molecule is Nc1cnccc1NCc1cccnc1. The summed E-state index contributed by atoms with van der Waals surface area (Å²) in [6, 6.07) is 5.77. The number of anilines is 2. The quantitative estimate of drug-likeness (QED) is 0.791. The predicted octanol–water partition coefficient (Wildman–Crippen LogP) is 1.67. The number of nitrogen functional groups attached to an aromatic ring is 1. The van der Waals surface area contributed by atoms with Crippen LogP contribution in [0.3, 0.4) is 0 Å². The van der Waals surface area contributed by atoms with E-state index < -0.39 is 0 Å². The number of hydrogen-bond donors (Lipinski definition) is 2. The Bertz CT molecular complexity index is 428. The highest BCUT2D eigenvalue weighted by atomic mass is 14.9. The van der Waals surface area contributed by atoms with Gasteiger partial charge in [0.05, 0.1) is 17.6 Å². The van der Waals surface area contributed by atoms with Gasteiger partial charge in [0.15, 0.2) is 0 Å². The number of pyridine rings is 2. The monoisotopic (exact) mass is 200 g/mol. The van der Waals surface area contributed by atoms with Crippen molar-refractivity contribution in [3.8, 4) is 0 Å². The Labute approximate surface area is 88.2 Å². The lowest BCUT2D eigenvalue weighted by atomic mass is 10.2. The minimum atomic E-state index is 0.654. The normalized spacial score (nSPS) is 9.87. The van der Waals surface area contributed by atoms with Gasteiger partial charge < -0.3 is 11.1 Å². The largest absolute Gasteiger partial charge is 0.396 e. The van der Waals surface area contributed by atoms with E-state index in [4.69, 9.17) is 5.73 Å². The molecule has 15 heavy (non-hydrogen) atoms. The number of rotatable bonds is 3. The average molecular weight is 200 g/mol. The van der Waals surface area contributed by atoms with E-state index in [1.54, 1.807) is 18.6 Å². The molecule has 76 valence electrons. The average Bonchev–Trinajstić information content (AvgIpc) is 2.29. The molecule has 0 aliphatic rings. The molecule has 0 radical (unpaired) electrons. The van der Waals surface area contributed by atoms with Crippen LogP contribution in [-0.2, 0) is 6.54 Å². The molecule has 0 aliphatic carbocycles. The summed E-state index contributed by atoms with van der Waals surface area (Å²) in [6.45, 7) is 0.710. The zero-order valence-corrected chi connectivity index (χ0v) is 8.22. The molecule has 0 fully saturated rings. The van der Waals surface area contributed by atoms with Crippen LogP contribution in [-0.4, -0.2) is 9.97 Å². The molecule has 4 nitrogen and oxygen atoms in total. The van der Waals surface area contributed by atoms with E-state index in [-0.39, 0.29) is 0 Å². The Balaban J connectivity index is 2.03. The number of hydrogen-bond acceptors (Lipinski definition) is 4. The number of nitrogens with one attached hydrogen (secondary N) is 1. The second kappa shape index (κ2) is 4.41. The minimum absolute atomic E-state index is 0.654. The van der Waals surface area contributed by atoms with Crippen molar-refractivity contribution < 1.29 is 0 Å². The van der Waals surface area contributed by atoms with Crippen molar-refractivity contribution >= 4 is 11.4 Å². The van der Waals surface area contributed by atoms with Gasteiger partial charge in [-0.05, 0) is 17.7 Å². The van der Waals surface area contributed by atoms with E-state index in [0.29, 0.717) is 12.2 Å². The summed E-state index contributed by atoms with van der Waals surface area (Å²) in [5.74, 6) is 0. The minimum Gasteiger partial charge on any atom is -0.396 e. The second-order valence-electron chi connectivity index (χ2n) is 3.18. The van der Waals surface area contributed by atoms with Gasteiger partial charge in [-0.15, -0.1) is 0 Å². The zero-order chi connectivity index (χ0) is 10.5. The van der Waals surface area contributed by atoms with E-state index >= 15 is 0 Å². The highest BCUT2D eigenvalue weighted by Gasteiger charge is 1.97. The molecule has 4 heteroatoms. The Hall–Kier alpha value is -2.10. The molecule has 3 N–H and O–H groups in total. The van der Waals surface area contributed by atoms with Gasteiger partial charge >= 0.3 is 0 Å². The summed E-state index contributed by atoms with van der Waals surface area (Å²) in [5, 5.41) is 3.22. The van der Waals surface area contributed by atoms with Crippen molar-refractivity contribution in [1.82, 2.24) is 9.97 Å². The smallest absolute Gasteiger partial charge is 0.0736 e. The molecular formula is C11H12N4. The van der Waals surface area contributed by atoms with Crippen molar-refractivity contribution in [3.05, 3.63) is 48.5 Å². The van der Waals surface area contributed by atoms with E-state index in [1.165, 1.54) is 0 Å². The third kappa shape index (κ3) is 2.43. The first-order chi connectivity index (χ1) is 7.36. The van der Waals surface area contributed by atoms with Crippen LogP contribution in [0.25, 0.3) is 0 Å². The van der Waals surface area contributed by atoms with Gasteiger partial charge in [0.25, 0.3) is 0 Å². The van der Waals surface area contributed by atoms with Crippen LogP contribution in [0.2, 0.25) is 0 Å². The first kappa shape index (κ1) is 9.45. The maximum atomic E-state index is 5.74. The lowest BCUT2D eigenvalue weighted by Gasteiger charge is -2.07. The molecular weight excluding hydrogens is 188 g/mol. The van der Waals surface area contributed by atoms with Crippen LogP contribution in [0.4, 0.5) is 11.4 Å². The highest BCUT2D eigenvalue weighted by Crippen LogP contribution is 2.15. The maximum absolute atomic E-state index is 5.74. The Morgan fingerprint density at radius 1 is 1.13 bits per heavy atom. The summed E-state index contributed by atoms with van der Waals surface area (Å²) >= 11 is 0. The molecule has 2 rings (SSSR count). The summed E-state index contributed by atoms with van der Waals surface area (Å²) in [7, 11) is 0. The Kier molecular flexibility index (Phi) is 2.78. The molecule has 0 spiro atoms. The van der Waals surface area contributed by atoms with E-state index in [0.717, 1.165) is 11.3 Å². The van der Waals surface area contributed by atoms with Crippen LogP contribution in [0, 0.1) is 0 Å². The first-order valence-electron chi connectivity index (χ1n) is 4.68. The van der Waals surface area contributed by atoms with Crippen LogP contribution in [0.5, 0.6) is 0 Å². The van der Waals surface area contributed by atoms with Crippen LogP contribution >= 0.6 is 0 Å². The van der Waals surface area contributed by atoms with E-state index in [2.05, 4.69) is 15.3 Å². The van der Waals surface area contributed by atoms with Crippen molar-refractivity contribution in [2.45, 2.75) is 6.54 Å². The Morgan fingerprint density at radius 2 is 2.00 bits per heavy atom. The Morgan fingerprint density at radius 3 is 2.73 bits per heavy atom. The number of nitrogens with zero attached hydrogens (tertiary/aromatic N) is 2. The number of nitrogens with two attached hydrogens (primary N) is 1. The zero-order valence-electron chi connectivity index (χ0n) is 8.22. The molecule has 0 atom stereocenters. The topological polar surface area (TPSA) is 63.8 Å². The van der Waals surface area contributed by atoms with Gasteiger partial charge in [-0.1, -0.05) is 6.07 Å². The van der Waals surface area contributed by atoms with E-state index in [1.807, 2.05) is 24.4 Å². The number of aromatic nitrogens is 2. The summed E-state index contributed by atoms with van der Waals surface area (Å²) in [6.07, 6.45) is 6.92. The van der Waals surface area contributed by atoms with E-state index in [9.17, 15) is 0 Å². The molecule has 0 bridgehead atoms. The van der Waals surface area contributed by atoms with Gasteiger partial charge in [0.1, 0.15) is 0 Å². The van der Waals surface area contributed by atoms with Crippen molar-refractivity contribution in [2.24, 2.45) is 0 Å². The fourth-order valence-corrected chi connectivity index (χ4v) is 1.27. The predicted molar refractivity (Wildman–Crippen MR) is 60.2 cm³/mol. The molecule has 0 amide bonds. The van der Waals surface area contributed by atoms with Crippen LogP contribution in [0.15, 0.2) is 43.0 Å². The van der Waals surface area contributed by atoms with Gasteiger partial charge in [-0.3, -0.25) is 9.97 Å². The molecule has 0 saturated heterocycles. The third-order valence-electron chi connectivity index (χ3n) is 2.06. The standard InChI is InChI=1S/C11H12N4/c12-10-8-14-5-3-11(10)15-7-9-2-1-4-13-6-9/h1-6,8H,7,12H2,(H,14,15). The summed E-state index contributed by atoms with van der Waals surface area (Å²) < 4.78 is 0. The van der Waals surface area contributed by atoms with Crippen LogP contribution in [0.1, 0.15) is 5.56 Å². The summed E-state index contributed by atoms with van der Waals surface area (Å²) in [5.41, 5.74) is 8.41. The molecule has 0 aliphatic heterocycles. The van der Waals surface area contributed by atoms with Crippen molar-refractivity contribution in [1.29, 1.82) is 0 Å². The van der Waals surface area contributed by atoms with Crippen molar-refractivity contribution in [3.63, 3.8) is 0 Å². The third-order valence-corrected chi connectivity index (χ3v) is 2.06. The van der Waals surface area contributed by atoms with Gasteiger partial charge in [-0.25, -0.2) is 0 Å². The highest BCUT2D eigenvalue weighted by molar-refractivity contribution is 5.64. The molecule has 2 heterocycles. The van der Waals surface area contributed by atoms with Crippen molar-refractivity contribution in [2.75, 3.05) is 11.1 Å². The summed E-state index contributed by atoms with van der Waals surface area (Å²) in [4.78, 5) is 7.96. The van der Waals surface area contributed by atoms with Gasteiger partial charge in [-0.2, -0.15) is 0 Å². The molecule has 0 saturated carbocycles. The molecule has 2 aromatic heterocycles. The van der Waals surface area contributed by atoms with Gasteiger partial charge in [0, 0.05) is 25.1 Å².